The molecule has 3 fully saturated rings. The summed E-state index contributed by atoms with van der Waals surface area (Å²) in [7, 11) is 0. The van der Waals surface area contributed by atoms with Crippen LogP contribution in [-0.4, -0.2) is 62.7 Å². The lowest BCUT2D eigenvalue weighted by Crippen LogP contribution is -2.54. The van der Waals surface area contributed by atoms with E-state index in [1.165, 1.54) is 11.2 Å². The number of aliphatic imine (C=N–C) groups is 1. The molecule has 0 bridgehead atoms. The van der Waals surface area contributed by atoms with Gasteiger partial charge in [0.15, 0.2) is 0 Å². The summed E-state index contributed by atoms with van der Waals surface area (Å²) in [5.74, 6) is -0.384. The number of amidine groups is 1. The van der Waals surface area contributed by atoms with Gasteiger partial charge < -0.3 is 16.5 Å². The molecule has 240 valence electrons. The van der Waals surface area contributed by atoms with Crippen molar-refractivity contribution < 1.29 is 31.5 Å². The highest BCUT2D eigenvalue weighted by atomic mass is 19.3. The number of nitrogens with one attached hydrogen (secondary N) is 3. The number of aromatic nitrogens is 2. The number of alkyl halides is 5. The Kier molecular flexibility index (Phi) is 9.99. The maximum atomic E-state index is 14.6. The van der Waals surface area contributed by atoms with E-state index < -0.39 is 42.0 Å². The second-order valence-electron chi connectivity index (χ2n) is 12.0. The molecule has 43 heavy (non-hydrogen) atoms. The molecule has 0 aromatic carbocycles. The van der Waals surface area contributed by atoms with E-state index in [9.17, 15) is 31.5 Å². The molecule has 11 nitrogen and oxygen atoms in total. The van der Waals surface area contributed by atoms with Gasteiger partial charge in [0.2, 0.25) is 18.1 Å². The minimum Gasteiger partial charge on any atom is -0.364 e. The van der Waals surface area contributed by atoms with E-state index >= 15 is 0 Å². The summed E-state index contributed by atoms with van der Waals surface area (Å²) in [5.41, 5.74) is 10.7. The largest absolute Gasteiger partial charge is 0.364 e. The zero-order chi connectivity index (χ0) is 31.5. The van der Waals surface area contributed by atoms with Gasteiger partial charge in [0.25, 0.3) is 11.8 Å². The standard InChI is InChI=1S/C20H29F5N6O.C7H11N3O/c21-17-14(28-15(32)7-11-3-5-19(22,23)6-4-11)10-31(30-17)16(12-1-2-12)18(29-26)27-13-8-20(24,25)9-13;1-5(2)10-6(7(8)11)3-4-9-10/h10-13,16-17,30H,1-9,26H2,(H,27,29)(H,28,32);3-5H,1-2H3,(H2,8,11). The Labute approximate surface area is 246 Å². The van der Waals surface area contributed by atoms with E-state index in [-0.39, 0.29) is 68.5 Å². The lowest BCUT2D eigenvalue weighted by molar-refractivity contribution is -0.122. The third-order valence-corrected chi connectivity index (χ3v) is 8.01. The Morgan fingerprint density at radius 3 is 2.30 bits per heavy atom. The Hall–Kier alpha value is -3.27. The Morgan fingerprint density at radius 1 is 1.14 bits per heavy atom. The third kappa shape index (κ3) is 8.65. The van der Waals surface area contributed by atoms with Gasteiger partial charge in [-0.25, -0.2) is 27.8 Å². The Balaban J connectivity index is 0.000000324. The van der Waals surface area contributed by atoms with Crippen LogP contribution < -0.4 is 27.7 Å². The van der Waals surface area contributed by atoms with Crippen molar-refractivity contribution in [1.82, 2.24) is 31.0 Å². The molecule has 16 heteroatoms. The fraction of sp³-hybridized carbons (Fsp3) is 0.704. The number of hydrogen-bond acceptors (Lipinski definition) is 7. The van der Waals surface area contributed by atoms with Gasteiger partial charge >= 0.3 is 0 Å². The summed E-state index contributed by atoms with van der Waals surface area (Å²) in [4.78, 5) is 27.4. The molecular weight excluding hydrogens is 577 g/mol. The van der Waals surface area contributed by atoms with Crippen LogP contribution in [0.5, 0.6) is 0 Å². The maximum absolute atomic E-state index is 14.6. The van der Waals surface area contributed by atoms with Crippen LogP contribution in [0.2, 0.25) is 0 Å². The van der Waals surface area contributed by atoms with Gasteiger partial charge in [0.1, 0.15) is 17.6 Å². The van der Waals surface area contributed by atoms with Crippen LogP contribution in [0.15, 0.2) is 29.2 Å². The van der Waals surface area contributed by atoms with E-state index in [0.29, 0.717) is 11.5 Å². The number of rotatable bonds is 9. The third-order valence-electron chi connectivity index (χ3n) is 8.01. The van der Waals surface area contributed by atoms with E-state index in [2.05, 4.69) is 26.3 Å². The molecular formula is C27H40F5N9O2. The number of carbonyl (C=O) groups excluding carboxylic acids is 2. The molecule has 2 heterocycles. The molecule has 3 aliphatic carbocycles. The zero-order valence-electron chi connectivity index (χ0n) is 24.2. The van der Waals surface area contributed by atoms with Crippen molar-refractivity contribution in [3.63, 3.8) is 0 Å². The zero-order valence-corrected chi connectivity index (χ0v) is 24.2. The van der Waals surface area contributed by atoms with Gasteiger partial charge in [-0.2, -0.15) is 10.5 Å². The monoisotopic (exact) mass is 617 g/mol. The van der Waals surface area contributed by atoms with Crippen LogP contribution in [0.25, 0.3) is 0 Å². The fourth-order valence-electron chi connectivity index (χ4n) is 5.52. The van der Waals surface area contributed by atoms with Crippen molar-refractivity contribution in [1.29, 1.82) is 0 Å². The smallest absolute Gasteiger partial charge is 0.266 e. The van der Waals surface area contributed by atoms with Gasteiger partial charge in [-0.1, -0.05) is 0 Å². The molecule has 4 aliphatic rings. The molecule has 2 amide bonds. The quantitative estimate of drug-likeness (QED) is 0.0711. The van der Waals surface area contributed by atoms with Crippen LogP contribution in [0.4, 0.5) is 22.0 Å². The molecule has 1 aromatic heterocycles. The highest BCUT2D eigenvalue weighted by Crippen LogP contribution is 2.41. The number of primary amides is 1. The minimum atomic E-state index is -2.72. The van der Waals surface area contributed by atoms with Gasteiger partial charge in [-0.05, 0) is 57.4 Å². The summed E-state index contributed by atoms with van der Waals surface area (Å²) >= 11 is 0. The normalized spacial score (nSPS) is 24.5. The lowest BCUT2D eigenvalue weighted by atomic mass is 9.84. The summed E-state index contributed by atoms with van der Waals surface area (Å²) in [5, 5.41) is 7.96. The number of hydrazine groups is 2. The summed E-state index contributed by atoms with van der Waals surface area (Å²) in [6.45, 7) is 3.89. The second-order valence-corrected chi connectivity index (χ2v) is 12.0. The molecule has 7 N–H and O–H groups in total. The van der Waals surface area contributed by atoms with E-state index in [4.69, 9.17) is 11.6 Å². The number of hydrogen-bond donors (Lipinski definition) is 5. The molecule has 2 unspecified atom stereocenters. The van der Waals surface area contributed by atoms with Crippen molar-refractivity contribution >= 4 is 17.6 Å². The number of nitrogens with zero attached hydrogens (tertiary/aromatic N) is 4. The highest BCUT2D eigenvalue weighted by Gasteiger charge is 2.47. The van der Waals surface area contributed by atoms with Crippen LogP contribution in [0, 0.1) is 11.8 Å². The van der Waals surface area contributed by atoms with Gasteiger partial charge in [-0.15, -0.1) is 0 Å². The minimum absolute atomic E-state index is 0.00772. The van der Waals surface area contributed by atoms with E-state index in [1.807, 2.05) is 13.8 Å². The van der Waals surface area contributed by atoms with Crippen LogP contribution in [0.3, 0.4) is 0 Å². The molecule has 2 atom stereocenters. The average Bonchev–Trinajstić information content (AvgIpc) is 3.48. The number of amides is 2. The van der Waals surface area contributed by atoms with Crippen molar-refractivity contribution in [2.45, 2.75) is 108 Å². The topological polar surface area (TPSA) is 156 Å². The van der Waals surface area contributed by atoms with Crippen molar-refractivity contribution in [2.24, 2.45) is 28.4 Å². The molecule has 0 radical (unpaired) electrons. The van der Waals surface area contributed by atoms with Crippen molar-refractivity contribution in [2.75, 3.05) is 0 Å². The molecule has 1 aromatic rings. The van der Waals surface area contributed by atoms with Gasteiger partial charge in [0.05, 0.1) is 11.7 Å². The first-order valence-corrected chi connectivity index (χ1v) is 14.5. The van der Waals surface area contributed by atoms with Crippen LogP contribution in [-0.2, 0) is 4.79 Å². The number of halogens is 5. The van der Waals surface area contributed by atoms with Crippen LogP contribution in [0.1, 0.15) is 88.2 Å². The van der Waals surface area contributed by atoms with Gasteiger partial charge in [0, 0.05) is 50.5 Å². The summed E-state index contributed by atoms with van der Waals surface area (Å²) in [6.07, 6.45) is 2.41. The Bertz CT molecular complexity index is 1200. The first-order chi connectivity index (χ1) is 20.2. The average molecular weight is 618 g/mol. The van der Waals surface area contributed by atoms with Gasteiger partial charge in [-0.3, -0.25) is 24.3 Å². The number of carbonyl (C=O) groups is 2. The fourth-order valence-corrected chi connectivity index (χ4v) is 5.52. The predicted molar refractivity (Wildman–Crippen MR) is 148 cm³/mol. The first-order valence-electron chi connectivity index (χ1n) is 14.5. The lowest BCUT2D eigenvalue weighted by Gasteiger charge is -2.35. The summed E-state index contributed by atoms with van der Waals surface area (Å²) < 4.78 is 69.1. The SMILES string of the molecule is CC(C)n1nccc1C(N)=O.NNC(=NC1CC(F)(F)C1)C(C1CC1)N1C=C(NC(=O)CC2CCC(F)(F)CC2)C(F)N1. The first kappa shape index (κ1) is 32.6. The molecule has 5 rings (SSSR count). The van der Waals surface area contributed by atoms with E-state index in [0.717, 1.165) is 12.8 Å². The molecule has 0 spiro atoms. The summed E-state index contributed by atoms with van der Waals surface area (Å²) in [6, 6.07) is 0.754. The number of nitrogens with two attached hydrogens (primary N) is 2. The van der Waals surface area contributed by atoms with Crippen molar-refractivity contribution in [3.8, 4) is 0 Å². The molecule has 1 aliphatic heterocycles. The van der Waals surface area contributed by atoms with Crippen molar-refractivity contribution in [3.05, 3.63) is 29.9 Å². The maximum Gasteiger partial charge on any atom is 0.266 e. The van der Waals surface area contributed by atoms with E-state index in [1.54, 1.807) is 16.9 Å². The molecule has 3 saturated carbocycles. The van der Waals surface area contributed by atoms with Crippen LogP contribution >= 0.6 is 0 Å². The predicted octanol–water partition coefficient (Wildman–Crippen LogP) is 3.28. The highest BCUT2D eigenvalue weighted by molar-refractivity contribution is 5.91. The Morgan fingerprint density at radius 2 is 1.79 bits per heavy atom. The second kappa shape index (κ2) is 13.2. The molecule has 0 saturated heterocycles.